The first-order valence-electron chi connectivity index (χ1n) is 10.8. The molecule has 1 aliphatic rings. The molecule has 1 amide bonds. The number of benzene rings is 2. The molecule has 6 heteroatoms. The van der Waals surface area contributed by atoms with Crippen LogP contribution in [0, 0.1) is 12.8 Å². The number of nitrogens with zero attached hydrogens (tertiary/aromatic N) is 3. The van der Waals surface area contributed by atoms with E-state index in [1.807, 2.05) is 49.4 Å². The number of hydrogen-bond acceptors (Lipinski definition) is 5. The Balaban J connectivity index is 1.40. The molecule has 1 saturated heterocycles. The highest BCUT2D eigenvalue weighted by molar-refractivity contribution is 5.93. The Kier molecular flexibility index (Phi) is 6.46. The number of rotatable bonds is 6. The summed E-state index contributed by atoms with van der Waals surface area (Å²) < 4.78 is 6.00. The molecule has 3 aromatic rings. The lowest BCUT2D eigenvalue weighted by molar-refractivity contribution is -0.120. The molecule has 2 heterocycles. The molecule has 1 aromatic heterocycles. The largest absolute Gasteiger partial charge is 0.436 e. The van der Waals surface area contributed by atoms with Crippen LogP contribution in [0.3, 0.4) is 0 Å². The van der Waals surface area contributed by atoms with E-state index in [4.69, 9.17) is 4.74 Å². The first-order valence-corrected chi connectivity index (χ1v) is 10.8. The Hall–Kier alpha value is -3.41. The smallest absolute Gasteiger partial charge is 0.263 e. The number of amides is 1. The van der Waals surface area contributed by atoms with Crippen LogP contribution < -0.4 is 15.0 Å². The highest BCUT2D eigenvalue weighted by Gasteiger charge is 2.27. The number of nitrogens with one attached hydrogen (secondary N) is 1. The number of carbonyl (C=O) groups is 1. The summed E-state index contributed by atoms with van der Waals surface area (Å²) in [5, 5.41) is 3.12. The number of hydrogen-bond donors (Lipinski definition) is 1. The van der Waals surface area contributed by atoms with E-state index in [1.54, 1.807) is 12.4 Å². The van der Waals surface area contributed by atoms with Gasteiger partial charge in [-0.25, -0.2) is 9.97 Å². The summed E-state index contributed by atoms with van der Waals surface area (Å²) in [4.78, 5) is 23.9. The van der Waals surface area contributed by atoms with Gasteiger partial charge in [-0.3, -0.25) is 4.79 Å². The summed E-state index contributed by atoms with van der Waals surface area (Å²) in [5.74, 6) is 2.02. The summed E-state index contributed by atoms with van der Waals surface area (Å²) in [6, 6.07) is 15.9. The van der Waals surface area contributed by atoms with Gasteiger partial charge in [0.15, 0.2) is 5.82 Å². The minimum absolute atomic E-state index is 0.0145. The number of aromatic nitrogens is 2. The van der Waals surface area contributed by atoms with Gasteiger partial charge < -0.3 is 15.0 Å². The highest BCUT2D eigenvalue weighted by Crippen LogP contribution is 2.31. The Bertz CT molecular complexity index is 1030. The van der Waals surface area contributed by atoms with Crippen LogP contribution in [0.2, 0.25) is 0 Å². The van der Waals surface area contributed by atoms with Gasteiger partial charge in [-0.15, -0.1) is 0 Å². The van der Waals surface area contributed by atoms with Crippen molar-refractivity contribution >= 4 is 17.4 Å². The number of aryl methyl sites for hydroxylation is 2. The molecule has 0 spiro atoms. The van der Waals surface area contributed by atoms with E-state index < -0.39 is 0 Å². The van der Waals surface area contributed by atoms with Crippen molar-refractivity contribution in [3.05, 3.63) is 72.1 Å². The lowest BCUT2D eigenvalue weighted by Crippen LogP contribution is -2.38. The molecule has 1 fully saturated rings. The molecule has 0 bridgehead atoms. The first kappa shape index (κ1) is 20.8. The average molecular weight is 417 g/mol. The maximum atomic E-state index is 12.8. The second-order valence-electron chi connectivity index (χ2n) is 7.86. The summed E-state index contributed by atoms with van der Waals surface area (Å²) in [7, 11) is 0. The van der Waals surface area contributed by atoms with Gasteiger partial charge in [0.2, 0.25) is 5.91 Å². The van der Waals surface area contributed by atoms with Gasteiger partial charge in [0.05, 0.1) is 0 Å². The van der Waals surface area contributed by atoms with Crippen molar-refractivity contribution in [3.63, 3.8) is 0 Å². The Labute approximate surface area is 183 Å². The lowest BCUT2D eigenvalue weighted by atomic mass is 9.95. The fourth-order valence-corrected chi connectivity index (χ4v) is 3.86. The third kappa shape index (κ3) is 5.02. The van der Waals surface area contributed by atoms with Crippen LogP contribution in [-0.2, 0) is 11.2 Å². The molecule has 0 atom stereocenters. The summed E-state index contributed by atoms with van der Waals surface area (Å²) in [6.07, 6.45) is 5.74. The van der Waals surface area contributed by atoms with E-state index in [1.165, 1.54) is 5.56 Å². The van der Waals surface area contributed by atoms with E-state index in [2.05, 4.69) is 33.2 Å². The molecule has 31 heavy (non-hydrogen) atoms. The van der Waals surface area contributed by atoms with Crippen molar-refractivity contribution in [2.45, 2.75) is 33.1 Å². The molecular weight excluding hydrogens is 388 g/mol. The lowest BCUT2D eigenvalue weighted by Gasteiger charge is -2.32. The number of piperidine rings is 1. The monoisotopic (exact) mass is 416 g/mol. The van der Waals surface area contributed by atoms with E-state index >= 15 is 0 Å². The predicted octanol–water partition coefficient (Wildman–Crippen LogP) is 4.99. The number of anilines is 2. The maximum Gasteiger partial charge on any atom is 0.263 e. The van der Waals surface area contributed by atoms with Crippen LogP contribution in [0.5, 0.6) is 11.6 Å². The second kappa shape index (κ2) is 9.60. The second-order valence-corrected chi connectivity index (χ2v) is 7.86. The van der Waals surface area contributed by atoms with Crippen molar-refractivity contribution in [1.82, 2.24) is 9.97 Å². The van der Waals surface area contributed by atoms with Crippen LogP contribution >= 0.6 is 0 Å². The van der Waals surface area contributed by atoms with E-state index in [9.17, 15) is 4.79 Å². The highest BCUT2D eigenvalue weighted by atomic mass is 16.5. The van der Waals surface area contributed by atoms with Crippen molar-refractivity contribution in [2.75, 3.05) is 23.3 Å². The molecule has 0 unspecified atom stereocenters. The van der Waals surface area contributed by atoms with E-state index in [-0.39, 0.29) is 11.8 Å². The standard InChI is InChI=1S/C25H28N4O2/c1-3-19-6-4-5-7-22(19)28-24(30)20-12-16-29(17-13-20)23-25(27-15-14-26-23)31-21-10-8-18(2)9-11-21/h4-11,14-15,20H,3,12-13,16-17H2,1-2H3,(H,28,30). The molecule has 6 nitrogen and oxygen atoms in total. The molecule has 160 valence electrons. The minimum Gasteiger partial charge on any atom is -0.436 e. The third-order valence-electron chi connectivity index (χ3n) is 5.70. The van der Waals surface area contributed by atoms with Gasteiger partial charge in [-0.05, 0) is 49.9 Å². The first-order chi connectivity index (χ1) is 15.1. The fraction of sp³-hybridized carbons (Fsp3) is 0.320. The zero-order valence-corrected chi connectivity index (χ0v) is 18.0. The number of para-hydroxylation sites is 1. The van der Waals surface area contributed by atoms with Crippen molar-refractivity contribution in [3.8, 4) is 11.6 Å². The third-order valence-corrected chi connectivity index (χ3v) is 5.70. The van der Waals surface area contributed by atoms with Gasteiger partial charge in [-0.2, -0.15) is 0 Å². The average Bonchev–Trinajstić information content (AvgIpc) is 2.81. The summed E-state index contributed by atoms with van der Waals surface area (Å²) >= 11 is 0. The van der Waals surface area contributed by atoms with Crippen LogP contribution in [0.15, 0.2) is 60.9 Å². The Morgan fingerprint density at radius 3 is 2.52 bits per heavy atom. The molecule has 4 rings (SSSR count). The number of carbonyl (C=O) groups excluding carboxylic acids is 1. The molecule has 1 N–H and O–H groups in total. The van der Waals surface area contributed by atoms with Crippen molar-refractivity contribution < 1.29 is 9.53 Å². The zero-order valence-electron chi connectivity index (χ0n) is 18.0. The molecule has 0 aliphatic carbocycles. The molecular formula is C25H28N4O2. The molecule has 0 saturated carbocycles. The van der Waals surface area contributed by atoms with Crippen molar-refractivity contribution in [1.29, 1.82) is 0 Å². The van der Waals surface area contributed by atoms with E-state index in [0.717, 1.165) is 55.2 Å². The normalized spacial score (nSPS) is 14.3. The van der Waals surface area contributed by atoms with Gasteiger partial charge in [0.25, 0.3) is 5.88 Å². The molecule has 0 radical (unpaired) electrons. The van der Waals surface area contributed by atoms with Crippen LogP contribution in [0.25, 0.3) is 0 Å². The maximum absolute atomic E-state index is 12.8. The van der Waals surface area contributed by atoms with Crippen molar-refractivity contribution in [2.24, 2.45) is 5.92 Å². The quantitative estimate of drug-likeness (QED) is 0.613. The van der Waals surface area contributed by atoms with Crippen LogP contribution in [0.1, 0.15) is 30.9 Å². The van der Waals surface area contributed by atoms with Gasteiger partial charge in [-0.1, -0.05) is 42.8 Å². The predicted molar refractivity (Wildman–Crippen MR) is 123 cm³/mol. The number of ether oxygens (including phenoxy) is 1. The Morgan fingerprint density at radius 2 is 1.77 bits per heavy atom. The minimum atomic E-state index is -0.0145. The van der Waals surface area contributed by atoms with Gasteiger partial charge >= 0.3 is 0 Å². The van der Waals surface area contributed by atoms with Gasteiger partial charge in [0, 0.05) is 37.1 Å². The van der Waals surface area contributed by atoms with E-state index in [0.29, 0.717) is 5.88 Å². The molecule has 1 aliphatic heterocycles. The Morgan fingerprint density at radius 1 is 1.06 bits per heavy atom. The summed E-state index contributed by atoms with van der Waals surface area (Å²) in [5.41, 5.74) is 3.25. The molecule has 2 aromatic carbocycles. The fourth-order valence-electron chi connectivity index (χ4n) is 3.86. The topological polar surface area (TPSA) is 67.4 Å². The van der Waals surface area contributed by atoms with Gasteiger partial charge in [0.1, 0.15) is 5.75 Å². The van der Waals surface area contributed by atoms with Crippen LogP contribution in [0.4, 0.5) is 11.5 Å². The van der Waals surface area contributed by atoms with Crippen LogP contribution in [-0.4, -0.2) is 29.0 Å². The zero-order chi connectivity index (χ0) is 21.6. The summed E-state index contributed by atoms with van der Waals surface area (Å²) in [6.45, 7) is 5.60. The SMILES string of the molecule is CCc1ccccc1NC(=O)C1CCN(c2nccnc2Oc2ccc(C)cc2)CC1.